The molecule has 0 aromatic heterocycles. The molecule has 2 aromatic rings. The summed E-state index contributed by atoms with van der Waals surface area (Å²) in [4.78, 5) is 12.7. The molecule has 0 saturated carbocycles. The Morgan fingerprint density at radius 3 is 2.36 bits per heavy atom. The lowest BCUT2D eigenvalue weighted by atomic mass is 9.99. The highest BCUT2D eigenvalue weighted by atomic mass is 19.1. The first-order valence-electron chi connectivity index (χ1n) is 8.59. The van der Waals surface area contributed by atoms with E-state index in [1.807, 2.05) is 19.9 Å². The second kappa shape index (κ2) is 9.08. The van der Waals surface area contributed by atoms with Crippen LogP contribution in [-0.2, 0) is 6.42 Å². The third-order valence-corrected chi connectivity index (χ3v) is 4.13. The van der Waals surface area contributed by atoms with Gasteiger partial charge < -0.3 is 19.7 Å². The van der Waals surface area contributed by atoms with Gasteiger partial charge in [-0.1, -0.05) is 23.8 Å². The summed E-state index contributed by atoms with van der Waals surface area (Å²) in [6, 6.07) is 5.58. The quantitative estimate of drug-likeness (QED) is 0.411. The summed E-state index contributed by atoms with van der Waals surface area (Å²) >= 11 is 0. The van der Waals surface area contributed by atoms with E-state index in [-0.39, 0.29) is 40.5 Å². The number of methoxy groups -OCH3 is 2. The van der Waals surface area contributed by atoms with Crippen molar-refractivity contribution in [1.29, 1.82) is 0 Å². The Balaban J connectivity index is 2.42. The van der Waals surface area contributed by atoms with Gasteiger partial charge in [-0.05, 0) is 44.0 Å². The Morgan fingerprint density at radius 2 is 1.79 bits per heavy atom. The topological polar surface area (TPSA) is 76.0 Å². The maximum absolute atomic E-state index is 13.8. The van der Waals surface area contributed by atoms with Crippen molar-refractivity contribution in [3.8, 4) is 23.0 Å². The van der Waals surface area contributed by atoms with Gasteiger partial charge in [-0.3, -0.25) is 4.79 Å². The normalized spacial score (nSPS) is 10.8. The maximum atomic E-state index is 13.8. The first kappa shape index (κ1) is 21.0. The zero-order valence-corrected chi connectivity index (χ0v) is 16.2. The van der Waals surface area contributed by atoms with Gasteiger partial charge in [0, 0.05) is 11.6 Å². The van der Waals surface area contributed by atoms with Crippen molar-refractivity contribution < 1.29 is 28.9 Å². The molecule has 28 heavy (non-hydrogen) atoms. The number of allylic oxidation sites excluding steroid dienone is 3. The van der Waals surface area contributed by atoms with Crippen LogP contribution in [0.1, 0.15) is 35.3 Å². The van der Waals surface area contributed by atoms with Crippen LogP contribution >= 0.6 is 0 Å². The third-order valence-electron chi connectivity index (χ3n) is 4.13. The summed E-state index contributed by atoms with van der Waals surface area (Å²) in [6.07, 6.45) is 4.72. The Hall–Kier alpha value is -3.28. The molecule has 0 bridgehead atoms. The standard InChI is InChI=1S/C22H23FO5/c1-13(2)5-8-15-18(25)12-20(28-4)21(22(15)26)17(24)9-6-14-7-10-19(27-3)16(23)11-14/h5-7,9-12,25-26H,8H2,1-4H3. The van der Waals surface area contributed by atoms with Gasteiger partial charge in [0.1, 0.15) is 22.8 Å². The molecule has 0 unspecified atom stereocenters. The summed E-state index contributed by atoms with van der Waals surface area (Å²) in [6.45, 7) is 3.78. The van der Waals surface area contributed by atoms with Gasteiger partial charge in [-0.15, -0.1) is 0 Å². The van der Waals surface area contributed by atoms with Crippen molar-refractivity contribution >= 4 is 11.9 Å². The number of ether oxygens (including phenoxy) is 2. The molecule has 0 aliphatic heterocycles. The Bertz CT molecular complexity index is 940. The van der Waals surface area contributed by atoms with Gasteiger partial charge in [0.05, 0.1) is 14.2 Å². The number of hydrogen-bond donors (Lipinski definition) is 2. The molecule has 2 N–H and O–H groups in total. The second-order valence-corrected chi connectivity index (χ2v) is 6.38. The lowest BCUT2D eigenvalue weighted by Gasteiger charge is -2.13. The van der Waals surface area contributed by atoms with Crippen LogP contribution in [0.3, 0.4) is 0 Å². The van der Waals surface area contributed by atoms with E-state index in [1.165, 1.54) is 44.6 Å². The second-order valence-electron chi connectivity index (χ2n) is 6.38. The number of rotatable bonds is 7. The van der Waals surface area contributed by atoms with Crippen molar-refractivity contribution in [1.82, 2.24) is 0 Å². The van der Waals surface area contributed by atoms with Crippen LogP contribution in [0.25, 0.3) is 6.08 Å². The molecule has 2 rings (SSSR count). The lowest BCUT2D eigenvalue weighted by Crippen LogP contribution is -2.02. The maximum Gasteiger partial charge on any atom is 0.193 e. The fourth-order valence-electron chi connectivity index (χ4n) is 2.62. The highest BCUT2D eigenvalue weighted by Crippen LogP contribution is 2.39. The Morgan fingerprint density at radius 1 is 1.11 bits per heavy atom. The summed E-state index contributed by atoms with van der Waals surface area (Å²) in [5, 5.41) is 20.7. The largest absolute Gasteiger partial charge is 0.507 e. The van der Waals surface area contributed by atoms with Gasteiger partial charge in [-0.2, -0.15) is 0 Å². The van der Waals surface area contributed by atoms with Crippen LogP contribution in [0.5, 0.6) is 23.0 Å². The van der Waals surface area contributed by atoms with Crippen molar-refractivity contribution in [2.45, 2.75) is 20.3 Å². The van der Waals surface area contributed by atoms with Crippen LogP contribution in [0.15, 0.2) is 42.0 Å². The molecular formula is C22H23FO5. The molecule has 0 heterocycles. The highest BCUT2D eigenvalue weighted by Gasteiger charge is 2.21. The molecule has 6 heteroatoms. The molecule has 0 saturated heterocycles. The number of carbonyl (C=O) groups is 1. The molecule has 0 fully saturated rings. The van der Waals surface area contributed by atoms with E-state index in [4.69, 9.17) is 9.47 Å². The van der Waals surface area contributed by atoms with E-state index in [0.717, 1.165) is 5.57 Å². The minimum Gasteiger partial charge on any atom is -0.507 e. The summed E-state index contributed by atoms with van der Waals surface area (Å²) in [7, 11) is 2.70. The summed E-state index contributed by atoms with van der Waals surface area (Å²) in [5.74, 6) is -1.44. The predicted octanol–water partition coefficient (Wildman–Crippen LogP) is 4.66. The minimum absolute atomic E-state index is 0.0477. The van der Waals surface area contributed by atoms with Gasteiger partial charge in [-0.25, -0.2) is 4.39 Å². The van der Waals surface area contributed by atoms with Crippen LogP contribution in [0, 0.1) is 5.82 Å². The number of benzene rings is 2. The van der Waals surface area contributed by atoms with E-state index in [9.17, 15) is 19.4 Å². The van der Waals surface area contributed by atoms with Crippen LogP contribution < -0.4 is 9.47 Å². The van der Waals surface area contributed by atoms with Crippen molar-refractivity contribution in [2.24, 2.45) is 0 Å². The molecule has 0 aliphatic carbocycles. The number of hydrogen-bond acceptors (Lipinski definition) is 5. The molecule has 0 amide bonds. The number of carbonyl (C=O) groups excluding carboxylic acids is 1. The number of phenols is 2. The number of halogens is 1. The van der Waals surface area contributed by atoms with E-state index < -0.39 is 11.6 Å². The molecule has 0 aliphatic rings. The smallest absolute Gasteiger partial charge is 0.193 e. The average molecular weight is 386 g/mol. The van der Waals surface area contributed by atoms with Gasteiger partial charge in [0.25, 0.3) is 0 Å². The van der Waals surface area contributed by atoms with Crippen LogP contribution in [0.4, 0.5) is 4.39 Å². The molecule has 0 radical (unpaired) electrons. The molecule has 2 aromatic carbocycles. The van der Waals surface area contributed by atoms with E-state index in [2.05, 4.69) is 0 Å². The van der Waals surface area contributed by atoms with E-state index in [1.54, 1.807) is 6.07 Å². The summed E-state index contributed by atoms with van der Waals surface area (Å²) < 4.78 is 23.8. The molecular weight excluding hydrogens is 363 g/mol. The first-order chi connectivity index (χ1) is 13.3. The molecule has 148 valence electrons. The first-order valence-corrected chi connectivity index (χ1v) is 8.59. The Kier molecular flexibility index (Phi) is 6.82. The van der Waals surface area contributed by atoms with Gasteiger partial charge in [0.15, 0.2) is 17.3 Å². The van der Waals surface area contributed by atoms with Crippen LogP contribution in [0.2, 0.25) is 0 Å². The van der Waals surface area contributed by atoms with Gasteiger partial charge >= 0.3 is 0 Å². The highest BCUT2D eigenvalue weighted by molar-refractivity contribution is 6.11. The fraction of sp³-hybridized carbons (Fsp3) is 0.227. The van der Waals surface area contributed by atoms with Gasteiger partial charge in [0.2, 0.25) is 0 Å². The fourth-order valence-corrected chi connectivity index (χ4v) is 2.62. The molecule has 0 spiro atoms. The Labute approximate surface area is 163 Å². The zero-order chi connectivity index (χ0) is 20.8. The minimum atomic E-state index is -0.550. The zero-order valence-electron chi connectivity index (χ0n) is 16.2. The van der Waals surface area contributed by atoms with Crippen molar-refractivity contribution in [3.05, 3.63) is 64.5 Å². The lowest BCUT2D eigenvalue weighted by molar-refractivity contribution is 0.104. The molecule has 0 atom stereocenters. The summed E-state index contributed by atoms with van der Waals surface area (Å²) in [5.41, 5.74) is 1.62. The number of ketones is 1. The average Bonchev–Trinajstić information content (AvgIpc) is 2.65. The van der Waals surface area contributed by atoms with E-state index >= 15 is 0 Å². The van der Waals surface area contributed by atoms with Crippen LogP contribution in [-0.4, -0.2) is 30.2 Å². The third kappa shape index (κ3) is 4.71. The van der Waals surface area contributed by atoms with Crippen molar-refractivity contribution in [3.63, 3.8) is 0 Å². The van der Waals surface area contributed by atoms with Crippen molar-refractivity contribution in [2.75, 3.05) is 14.2 Å². The number of aromatic hydroxyl groups is 2. The molecule has 5 nitrogen and oxygen atoms in total. The predicted molar refractivity (Wildman–Crippen MR) is 106 cm³/mol. The monoisotopic (exact) mass is 386 g/mol. The number of phenolic OH excluding ortho intramolecular Hbond substituents is 2. The van der Waals surface area contributed by atoms with E-state index in [0.29, 0.717) is 5.56 Å². The SMILES string of the molecule is COc1ccc(C=CC(=O)c2c(OC)cc(O)c(CC=C(C)C)c2O)cc1F.